The van der Waals surface area contributed by atoms with Gasteiger partial charge in [-0.3, -0.25) is 9.89 Å². The van der Waals surface area contributed by atoms with Gasteiger partial charge in [0.25, 0.3) is 5.91 Å². The summed E-state index contributed by atoms with van der Waals surface area (Å²) in [5, 5.41) is 7.77. The van der Waals surface area contributed by atoms with Crippen molar-refractivity contribution in [1.29, 1.82) is 0 Å². The molecule has 2 saturated heterocycles. The van der Waals surface area contributed by atoms with Crippen molar-refractivity contribution in [3.63, 3.8) is 0 Å². The van der Waals surface area contributed by atoms with E-state index in [0.29, 0.717) is 5.69 Å². The van der Waals surface area contributed by atoms with Crippen LogP contribution in [-0.4, -0.2) is 55.9 Å². The van der Waals surface area contributed by atoms with Crippen LogP contribution in [0.3, 0.4) is 0 Å². The Labute approximate surface area is 151 Å². The minimum absolute atomic E-state index is 0.00116. The molecule has 1 amide bonds. The molecule has 0 bridgehead atoms. The van der Waals surface area contributed by atoms with Crippen LogP contribution in [-0.2, 0) is 11.8 Å². The van der Waals surface area contributed by atoms with Crippen LogP contribution in [0.15, 0.2) is 30.6 Å². The number of nitrogens with one attached hydrogen (secondary N) is 1. The molecule has 0 aromatic carbocycles. The number of pyridine rings is 1. The standard InChI is InChI=1S/C19H21N5O2/c1-23-16(18(25)24-7-4-19(24)5-8-26-9-6-19)10-13-2-3-15(22-17(13)23)14-11-20-21-12-14/h2-3,10-12H,4-9H2,1H3,(H,20,21). The van der Waals surface area contributed by atoms with Gasteiger partial charge in [-0.2, -0.15) is 5.10 Å². The van der Waals surface area contributed by atoms with Crippen LogP contribution in [0.2, 0.25) is 0 Å². The minimum atomic E-state index is 0.00116. The van der Waals surface area contributed by atoms with Gasteiger partial charge < -0.3 is 14.2 Å². The molecule has 0 atom stereocenters. The average Bonchev–Trinajstić information content (AvgIpc) is 3.30. The number of H-pyrrole nitrogens is 1. The zero-order valence-electron chi connectivity index (χ0n) is 14.7. The van der Waals surface area contributed by atoms with Gasteiger partial charge >= 0.3 is 0 Å². The summed E-state index contributed by atoms with van der Waals surface area (Å²) in [6, 6.07) is 5.93. The lowest BCUT2D eigenvalue weighted by Gasteiger charge is -2.54. The number of rotatable bonds is 2. The fourth-order valence-electron chi connectivity index (χ4n) is 4.22. The lowest BCUT2D eigenvalue weighted by molar-refractivity contribution is -0.0699. The first-order valence-electron chi connectivity index (χ1n) is 9.03. The lowest BCUT2D eigenvalue weighted by atomic mass is 9.77. The van der Waals surface area contributed by atoms with Gasteiger partial charge in [-0.25, -0.2) is 4.98 Å². The second-order valence-electron chi connectivity index (χ2n) is 7.23. The number of fused-ring (bicyclic) bond motifs is 1. The van der Waals surface area contributed by atoms with Crippen LogP contribution in [0.1, 0.15) is 29.8 Å². The Balaban J connectivity index is 1.51. The van der Waals surface area contributed by atoms with Gasteiger partial charge in [0.2, 0.25) is 0 Å². The van der Waals surface area contributed by atoms with Gasteiger partial charge in [0, 0.05) is 49.5 Å². The number of aromatic amines is 1. The zero-order valence-corrected chi connectivity index (χ0v) is 14.7. The normalized spacial score (nSPS) is 19.0. The van der Waals surface area contributed by atoms with E-state index in [-0.39, 0.29) is 11.4 Å². The van der Waals surface area contributed by atoms with Gasteiger partial charge in [0.05, 0.1) is 11.9 Å². The molecule has 2 aliphatic heterocycles. The van der Waals surface area contributed by atoms with Crippen LogP contribution >= 0.6 is 0 Å². The van der Waals surface area contributed by atoms with Crippen LogP contribution < -0.4 is 0 Å². The molecule has 7 nitrogen and oxygen atoms in total. The molecule has 0 aliphatic carbocycles. The Morgan fingerprint density at radius 3 is 2.81 bits per heavy atom. The summed E-state index contributed by atoms with van der Waals surface area (Å²) in [6.45, 7) is 2.32. The van der Waals surface area contributed by atoms with Crippen LogP contribution in [0.4, 0.5) is 0 Å². The van der Waals surface area contributed by atoms with Gasteiger partial charge in [0.15, 0.2) is 0 Å². The fraction of sp³-hybridized carbons (Fsp3) is 0.421. The number of likely N-dealkylation sites (tertiary alicyclic amines) is 1. The number of hydrogen-bond donors (Lipinski definition) is 1. The first kappa shape index (κ1) is 15.6. The molecule has 5 heterocycles. The monoisotopic (exact) mass is 351 g/mol. The molecule has 3 aromatic rings. The maximum Gasteiger partial charge on any atom is 0.271 e. The van der Waals surface area contributed by atoms with E-state index < -0.39 is 0 Å². The highest BCUT2D eigenvalue weighted by atomic mass is 16.5. The predicted molar refractivity (Wildman–Crippen MR) is 96.7 cm³/mol. The second kappa shape index (κ2) is 5.67. The Kier molecular flexibility index (Phi) is 3.40. The third kappa shape index (κ3) is 2.20. The number of carbonyl (C=O) groups is 1. The SMILES string of the molecule is Cn1c(C(=O)N2CCC23CCOCC3)cc2ccc(-c3cn[nH]c3)nc21. The third-order valence-corrected chi connectivity index (χ3v) is 5.93. The maximum absolute atomic E-state index is 13.2. The van der Waals surface area contributed by atoms with E-state index in [1.165, 1.54) is 0 Å². The molecule has 2 aliphatic rings. The first-order valence-corrected chi connectivity index (χ1v) is 9.03. The number of ether oxygens (including phenoxy) is 1. The highest BCUT2D eigenvalue weighted by molar-refractivity contribution is 5.99. The smallest absolute Gasteiger partial charge is 0.271 e. The predicted octanol–water partition coefficient (Wildman–Crippen LogP) is 2.36. The molecule has 134 valence electrons. The number of aryl methyl sites for hydroxylation is 1. The molecular formula is C19H21N5O2. The molecule has 1 spiro atoms. The molecule has 0 radical (unpaired) electrons. The number of amides is 1. The third-order valence-electron chi connectivity index (χ3n) is 5.93. The van der Waals surface area contributed by atoms with Crippen LogP contribution in [0.25, 0.3) is 22.3 Å². The summed E-state index contributed by atoms with van der Waals surface area (Å²) in [6.07, 6.45) is 6.52. The molecule has 0 unspecified atom stereocenters. The summed E-state index contributed by atoms with van der Waals surface area (Å²) in [5.41, 5.74) is 3.29. The number of nitrogens with zero attached hydrogens (tertiary/aromatic N) is 4. The minimum Gasteiger partial charge on any atom is -0.381 e. The van der Waals surface area contributed by atoms with Gasteiger partial charge in [-0.1, -0.05) is 0 Å². The molecular weight excluding hydrogens is 330 g/mol. The largest absolute Gasteiger partial charge is 0.381 e. The van der Waals surface area contributed by atoms with Crippen molar-refractivity contribution in [3.8, 4) is 11.3 Å². The Hall–Kier alpha value is -2.67. The topological polar surface area (TPSA) is 76.0 Å². The van der Waals surface area contributed by atoms with Crippen molar-refractivity contribution in [1.82, 2.24) is 24.6 Å². The van der Waals surface area contributed by atoms with E-state index in [1.807, 2.05) is 40.9 Å². The quantitative estimate of drug-likeness (QED) is 0.769. The van der Waals surface area contributed by atoms with Crippen molar-refractivity contribution >= 4 is 16.9 Å². The molecule has 5 rings (SSSR count). The van der Waals surface area contributed by atoms with E-state index >= 15 is 0 Å². The average molecular weight is 351 g/mol. The zero-order chi connectivity index (χ0) is 17.7. The molecule has 2 fully saturated rings. The highest BCUT2D eigenvalue weighted by Crippen LogP contribution is 2.40. The number of hydrogen-bond acceptors (Lipinski definition) is 4. The van der Waals surface area contributed by atoms with Crippen LogP contribution in [0, 0.1) is 0 Å². The summed E-state index contributed by atoms with van der Waals surface area (Å²) >= 11 is 0. The Bertz CT molecular complexity index is 969. The van der Waals surface area contributed by atoms with Crippen LogP contribution in [0.5, 0.6) is 0 Å². The Morgan fingerprint density at radius 1 is 1.27 bits per heavy atom. The van der Waals surface area contributed by atoms with Crippen molar-refractivity contribution < 1.29 is 9.53 Å². The van der Waals surface area contributed by atoms with Crippen molar-refractivity contribution in [2.24, 2.45) is 7.05 Å². The molecule has 1 N–H and O–H groups in total. The van der Waals surface area contributed by atoms with Crippen molar-refractivity contribution in [3.05, 3.63) is 36.3 Å². The van der Waals surface area contributed by atoms with Gasteiger partial charge in [0.1, 0.15) is 11.3 Å². The van der Waals surface area contributed by atoms with Crippen molar-refractivity contribution in [2.45, 2.75) is 24.8 Å². The molecule has 0 saturated carbocycles. The van der Waals surface area contributed by atoms with E-state index in [0.717, 1.165) is 61.3 Å². The van der Waals surface area contributed by atoms with Gasteiger partial charge in [-0.15, -0.1) is 0 Å². The molecule has 26 heavy (non-hydrogen) atoms. The molecule has 7 heteroatoms. The maximum atomic E-state index is 13.2. The Morgan fingerprint density at radius 2 is 2.12 bits per heavy atom. The van der Waals surface area contributed by atoms with Gasteiger partial charge in [-0.05, 0) is 37.5 Å². The van der Waals surface area contributed by atoms with E-state index in [4.69, 9.17) is 9.72 Å². The fourth-order valence-corrected chi connectivity index (χ4v) is 4.22. The van der Waals surface area contributed by atoms with E-state index in [9.17, 15) is 4.79 Å². The summed E-state index contributed by atoms with van der Waals surface area (Å²) in [4.78, 5) is 20.0. The first-order chi connectivity index (χ1) is 12.7. The van der Waals surface area contributed by atoms with E-state index in [1.54, 1.807) is 6.20 Å². The molecule has 3 aromatic heterocycles. The second-order valence-corrected chi connectivity index (χ2v) is 7.23. The number of carbonyl (C=O) groups excluding carboxylic acids is 1. The summed E-state index contributed by atoms with van der Waals surface area (Å²) in [5.74, 6) is 0.100. The van der Waals surface area contributed by atoms with E-state index in [2.05, 4.69) is 10.2 Å². The number of aromatic nitrogens is 4. The summed E-state index contributed by atoms with van der Waals surface area (Å²) < 4.78 is 7.40. The summed E-state index contributed by atoms with van der Waals surface area (Å²) in [7, 11) is 1.91. The highest BCUT2D eigenvalue weighted by Gasteiger charge is 2.48. The lowest BCUT2D eigenvalue weighted by Crippen LogP contribution is -2.64. The van der Waals surface area contributed by atoms with Crippen molar-refractivity contribution in [2.75, 3.05) is 19.8 Å².